The fourth-order valence-electron chi connectivity index (χ4n) is 3.25. The zero-order valence-electron chi connectivity index (χ0n) is 14.1. The number of fused-ring (bicyclic) bond motifs is 1. The highest BCUT2D eigenvalue weighted by atomic mass is 35.5. The first-order valence-electron chi connectivity index (χ1n) is 8.17. The number of carbonyl (C=O) groups is 1. The first-order valence-corrected chi connectivity index (χ1v) is 8.55. The predicted octanol–water partition coefficient (Wildman–Crippen LogP) is 3.32. The van der Waals surface area contributed by atoms with Crippen molar-refractivity contribution in [3.63, 3.8) is 0 Å². The molecule has 2 heterocycles. The summed E-state index contributed by atoms with van der Waals surface area (Å²) in [4.78, 5) is 14.8. The molecule has 0 unspecified atom stereocenters. The van der Waals surface area contributed by atoms with Gasteiger partial charge in [-0.05, 0) is 42.3 Å². The topological polar surface area (TPSA) is 73.4 Å². The summed E-state index contributed by atoms with van der Waals surface area (Å²) >= 11 is 6.04. The molecule has 1 amide bonds. The molecule has 132 valence electrons. The highest BCUT2D eigenvalue weighted by Gasteiger charge is 2.28. The van der Waals surface area contributed by atoms with Gasteiger partial charge in [0.1, 0.15) is 22.8 Å². The molecule has 6 nitrogen and oxygen atoms in total. The number of carbonyl (C=O) groups excluding carboxylic acids is 1. The molecule has 0 radical (unpaired) electrons. The van der Waals surface area contributed by atoms with Gasteiger partial charge in [-0.2, -0.15) is 5.10 Å². The molecule has 7 heteroatoms. The van der Waals surface area contributed by atoms with Gasteiger partial charge in [-0.1, -0.05) is 23.7 Å². The Bertz CT molecular complexity index is 999. The van der Waals surface area contributed by atoms with Crippen LogP contribution < -0.4 is 15.4 Å². The van der Waals surface area contributed by atoms with E-state index in [4.69, 9.17) is 22.1 Å². The summed E-state index contributed by atoms with van der Waals surface area (Å²) in [6.07, 6.45) is 2.26. The van der Waals surface area contributed by atoms with E-state index in [1.54, 1.807) is 18.1 Å². The number of rotatable bonds is 3. The zero-order valence-corrected chi connectivity index (χ0v) is 14.9. The summed E-state index contributed by atoms with van der Waals surface area (Å²) in [6.45, 7) is 0.591. The van der Waals surface area contributed by atoms with Crippen LogP contribution in [0.4, 0.5) is 11.5 Å². The fourth-order valence-corrected chi connectivity index (χ4v) is 3.44. The van der Waals surface area contributed by atoms with E-state index in [1.807, 2.05) is 36.4 Å². The average Bonchev–Trinajstić information content (AvgIpc) is 3.24. The number of hydrogen-bond acceptors (Lipinski definition) is 4. The highest BCUT2D eigenvalue weighted by Crippen LogP contribution is 2.33. The van der Waals surface area contributed by atoms with Gasteiger partial charge in [-0.15, -0.1) is 0 Å². The number of methoxy groups -OCH3 is 1. The lowest BCUT2D eigenvalue weighted by atomic mass is 10.2. The minimum atomic E-state index is -0.176. The van der Waals surface area contributed by atoms with E-state index in [9.17, 15) is 4.79 Å². The third kappa shape index (κ3) is 2.59. The maximum absolute atomic E-state index is 13.0. The van der Waals surface area contributed by atoms with E-state index >= 15 is 0 Å². The molecule has 4 rings (SSSR count). The lowest BCUT2D eigenvalue weighted by molar-refractivity contribution is 0.0990. The largest absolute Gasteiger partial charge is 0.494 e. The van der Waals surface area contributed by atoms with Crippen LogP contribution in [0, 0.1) is 0 Å². The van der Waals surface area contributed by atoms with Crippen molar-refractivity contribution in [2.75, 3.05) is 24.3 Å². The summed E-state index contributed by atoms with van der Waals surface area (Å²) in [7, 11) is 1.58. The van der Waals surface area contributed by atoms with Gasteiger partial charge in [0, 0.05) is 17.3 Å². The van der Waals surface area contributed by atoms with Crippen molar-refractivity contribution in [1.29, 1.82) is 0 Å². The first kappa shape index (κ1) is 16.5. The second kappa shape index (κ2) is 6.38. The smallest absolute Gasteiger partial charge is 0.263 e. The van der Waals surface area contributed by atoms with Gasteiger partial charge in [0.2, 0.25) is 0 Å². The normalized spacial score (nSPS) is 12.9. The van der Waals surface area contributed by atoms with Crippen LogP contribution in [0.2, 0.25) is 5.02 Å². The van der Waals surface area contributed by atoms with Crippen LogP contribution in [-0.4, -0.2) is 29.3 Å². The fraction of sp³-hybridized carbons (Fsp3) is 0.158. The quantitative estimate of drug-likeness (QED) is 0.769. The number of nitrogens with zero attached hydrogens (tertiary/aromatic N) is 3. The van der Waals surface area contributed by atoms with Crippen molar-refractivity contribution < 1.29 is 9.53 Å². The average molecular weight is 369 g/mol. The molecule has 1 aromatic heterocycles. The van der Waals surface area contributed by atoms with Crippen LogP contribution >= 0.6 is 11.6 Å². The van der Waals surface area contributed by atoms with Gasteiger partial charge in [0.25, 0.3) is 5.91 Å². The summed E-state index contributed by atoms with van der Waals surface area (Å²) in [5, 5.41) is 4.97. The molecule has 1 aliphatic heterocycles. The SMILES string of the molecule is COc1ccccc1-n1ncc(C(=O)N2CCc3cc(Cl)ccc32)c1N. The van der Waals surface area contributed by atoms with Crippen molar-refractivity contribution in [3.05, 3.63) is 64.8 Å². The van der Waals surface area contributed by atoms with E-state index in [0.29, 0.717) is 28.6 Å². The molecule has 0 spiro atoms. The van der Waals surface area contributed by atoms with Crippen LogP contribution in [0.5, 0.6) is 5.75 Å². The molecule has 26 heavy (non-hydrogen) atoms. The Labute approximate surface area is 155 Å². The zero-order chi connectivity index (χ0) is 18.3. The molecule has 0 fully saturated rings. The van der Waals surface area contributed by atoms with E-state index in [0.717, 1.165) is 17.7 Å². The number of amides is 1. The van der Waals surface area contributed by atoms with E-state index in [-0.39, 0.29) is 11.7 Å². The number of nitrogens with two attached hydrogens (primary N) is 1. The molecular formula is C19H17ClN4O2. The third-order valence-electron chi connectivity index (χ3n) is 4.53. The molecule has 2 N–H and O–H groups in total. The second-order valence-electron chi connectivity index (χ2n) is 6.01. The lowest BCUT2D eigenvalue weighted by Crippen LogP contribution is -2.29. The summed E-state index contributed by atoms with van der Waals surface area (Å²) in [5.74, 6) is 0.731. The number of para-hydroxylation sites is 2. The van der Waals surface area contributed by atoms with E-state index in [1.165, 1.54) is 10.9 Å². The summed E-state index contributed by atoms with van der Waals surface area (Å²) in [5.41, 5.74) is 9.21. The Kier molecular flexibility index (Phi) is 4.05. The number of benzene rings is 2. The van der Waals surface area contributed by atoms with Gasteiger partial charge in [0.15, 0.2) is 0 Å². The molecule has 0 saturated carbocycles. The maximum Gasteiger partial charge on any atom is 0.263 e. The monoisotopic (exact) mass is 368 g/mol. The standard InChI is InChI=1S/C19H17ClN4O2/c1-26-17-5-3-2-4-16(17)24-18(21)14(11-22-24)19(25)23-9-8-12-10-13(20)6-7-15(12)23/h2-7,10-11H,8-9,21H2,1H3. The maximum atomic E-state index is 13.0. The van der Waals surface area contributed by atoms with Gasteiger partial charge in [-0.25, -0.2) is 4.68 Å². The minimum absolute atomic E-state index is 0.176. The Hall–Kier alpha value is -2.99. The molecule has 0 saturated heterocycles. The number of hydrogen-bond donors (Lipinski definition) is 1. The predicted molar refractivity (Wildman–Crippen MR) is 101 cm³/mol. The van der Waals surface area contributed by atoms with Gasteiger partial charge in [-0.3, -0.25) is 4.79 Å². The lowest BCUT2D eigenvalue weighted by Gasteiger charge is -2.17. The minimum Gasteiger partial charge on any atom is -0.494 e. The molecule has 1 aliphatic rings. The van der Waals surface area contributed by atoms with Crippen molar-refractivity contribution in [3.8, 4) is 11.4 Å². The molecule has 0 atom stereocenters. The van der Waals surface area contributed by atoms with Crippen molar-refractivity contribution in [1.82, 2.24) is 9.78 Å². The van der Waals surface area contributed by atoms with Crippen molar-refractivity contribution >= 4 is 29.0 Å². The van der Waals surface area contributed by atoms with E-state index in [2.05, 4.69) is 5.10 Å². The number of aromatic nitrogens is 2. The molecule has 0 aliphatic carbocycles. The number of ether oxygens (including phenoxy) is 1. The van der Waals surface area contributed by atoms with Crippen LogP contribution in [0.3, 0.4) is 0 Å². The van der Waals surface area contributed by atoms with Crippen LogP contribution in [0.1, 0.15) is 15.9 Å². The molecular weight excluding hydrogens is 352 g/mol. The first-order chi connectivity index (χ1) is 12.6. The van der Waals surface area contributed by atoms with Crippen LogP contribution in [-0.2, 0) is 6.42 Å². The number of halogens is 1. The summed E-state index contributed by atoms with van der Waals surface area (Å²) in [6, 6.07) is 12.9. The molecule has 2 aromatic carbocycles. The van der Waals surface area contributed by atoms with Crippen LogP contribution in [0.15, 0.2) is 48.7 Å². The Balaban J connectivity index is 1.71. The second-order valence-corrected chi connectivity index (χ2v) is 6.44. The number of anilines is 2. The Morgan fingerprint density at radius 3 is 2.85 bits per heavy atom. The molecule has 3 aromatic rings. The van der Waals surface area contributed by atoms with E-state index < -0.39 is 0 Å². The molecule has 0 bridgehead atoms. The van der Waals surface area contributed by atoms with Gasteiger partial charge < -0.3 is 15.4 Å². The summed E-state index contributed by atoms with van der Waals surface area (Å²) < 4.78 is 6.88. The Morgan fingerprint density at radius 2 is 2.04 bits per heavy atom. The van der Waals surface area contributed by atoms with Crippen LogP contribution in [0.25, 0.3) is 5.69 Å². The van der Waals surface area contributed by atoms with Gasteiger partial charge >= 0.3 is 0 Å². The number of nitrogen functional groups attached to an aromatic ring is 1. The highest BCUT2D eigenvalue weighted by molar-refractivity contribution is 6.30. The van der Waals surface area contributed by atoms with Gasteiger partial charge in [0.05, 0.1) is 13.3 Å². The van der Waals surface area contributed by atoms with Crippen molar-refractivity contribution in [2.45, 2.75) is 6.42 Å². The Morgan fingerprint density at radius 1 is 1.23 bits per heavy atom. The third-order valence-corrected chi connectivity index (χ3v) is 4.77. The van der Waals surface area contributed by atoms with Crippen molar-refractivity contribution in [2.24, 2.45) is 0 Å².